The molecule has 2 aliphatic rings. The molecule has 1 amide bonds. The van der Waals surface area contributed by atoms with Crippen LogP contribution in [-0.4, -0.2) is 36.0 Å². The number of rotatable bonds is 1. The molecule has 0 unspecified atom stereocenters. The van der Waals surface area contributed by atoms with Gasteiger partial charge in [0, 0.05) is 19.6 Å². The molecule has 1 N–H and O–H groups in total. The van der Waals surface area contributed by atoms with E-state index in [-0.39, 0.29) is 11.1 Å². The van der Waals surface area contributed by atoms with E-state index in [1.165, 1.54) is 18.2 Å². The monoisotopic (exact) mass is 284 g/mol. The van der Waals surface area contributed by atoms with Gasteiger partial charge < -0.3 is 10.2 Å². The van der Waals surface area contributed by atoms with Crippen LogP contribution >= 0.6 is 0 Å². The fraction of sp³-hybridized carbons (Fsp3) is 0.500. The maximum atomic E-state index is 13.0. The van der Waals surface area contributed by atoms with Crippen molar-refractivity contribution in [1.82, 2.24) is 10.2 Å². The van der Waals surface area contributed by atoms with Crippen molar-refractivity contribution in [2.75, 3.05) is 19.6 Å². The molecule has 0 bridgehead atoms. The number of alkyl halides is 3. The summed E-state index contributed by atoms with van der Waals surface area (Å²) in [5, 5.41) is 3.20. The maximum Gasteiger partial charge on any atom is 0.417 e. The smallest absolute Gasteiger partial charge is 0.330 e. The highest BCUT2D eigenvalue weighted by molar-refractivity contribution is 5.96. The second-order valence-electron chi connectivity index (χ2n) is 5.40. The molecular weight excluding hydrogens is 269 g/mol. The molecule has 2 fully saturated rings. The minimum absolute atomic E-state index is 0.242. The third-order valence-corrected chi connectivity index (χ3v) is 4.07. The topological polar surface area (TPSA) is 32.3 Å². The minimum atomic E-state index is -4.50. The van der Waals surface area contributed by atoms with Crippen LogP contribution in [0.15, 0.2) is 24.3 Å². The highest BCUT2D eigenvalue weighted by atomic mass is 19.4. The summed E-state index contributed by atoms with van der Waals surface area (Å²) in [6.07, 6.45) is -2.78. The van der Waals surface area contributed by atoms with E-state index in [1.54, 1.807) is 4.90 Å². The van der Waals surface area contributed by atoms with E-state index in [0.29, 0.717) is 19.6 Å². The van der Waals surface area contributed by atoms with Gasteiger partial charge in [-0.15, -0.1) is 0 Å². The predicted octanol–water partition coefficient (Wildman–Crippen LogP) is 2.28. The summed E-state index contributed by atoms with van der Waals surface area (Å²) in [6.45, 7) is 1.76. The van der Waals surface area contributed by atoms with E-state index >= 15 is 0 Å². The first-order valence-corrected chi connectivity index (χ1v) is 6.63. The Kier molecular flexibility index (Phi) is 3.01. The summed E-state index contributed by atoms with van der Waals surface area (Å²) in [5.41, 5.74) is -1.35. The van der Waals surface area contributed by atoms with E-state index in [1.807, 2.05) is 0 Å². The maximum absolute atomic E-state index is 13.0. The van der Waals surface area contributed by atoms with Crippen molar-refractivity contribution in [2.24, 2.45) is 0 Å². The number of halogens is 3. The lowest BCUT2D eigenvalue weighted by Crippen LogP contribution is -2.55. The van der Waals surface area contributed by atoms with Gasteiger partial charge in [0.25, 0.3) is 5.91 Å². The van der Waals surface area contributed by atoms with Crippen molar-refractivity contribution in [3.05, 3.63) is 35.4 Å². The number of hydrogen-bond acceptors (Lipinski definition) is 2. The van der Waals surface area contributed by atoms with Gasteiger partial charge in [0.15, 0.2) is 0 Å². The lowest BCUT2D eigenvalue weighted by atomic mass is 10.0. The van der Waals surface area contributed by atoms with Crippen LogP contribution in [0.3, 0.4) is 0 Å². The normalized spacial score (nSPS) is 21.1. The number of nitrogens with zero attached hydrogens (tertiary/aromatic N) is 1. The molecule has 1 aliphatic carbocycles. The number of amides is 1. The molecule has 0 aromatic heterocycles. The first kappa shape index (κ1) is 13.4. The zero-order valence-corrected chi connectivity index (χ0v) is 10.8. The van der Waals surface area contributed by atoms with Gasteiger partial charge in [0.2, 0.25) is 0 Å². The second kappa shape index (κ2) is 4.48. The fourth-order valence-electron chi connectivity index (χ4n) is 2.81. The van der Waals surface area contributed by atoms with Gasteiger partial charge >= 0.3 is 6.18 Å². The largest absolute Gasteiger partial charge is 0.417 e. The average molecular weight is 284 g/mol. The van der Waals surface area contributed by atoms with Crippen LogP contribution in [0.1, 0.15) is 28.8 Å². The van der Waals surface area contributed by atoms with Crippen molar-refractivity contribution in [3.8, 4) is 0 Å². The van der Waals surface area contributed by atoms with Gasteiger partial charge in [0.05, 0.1) is 16.7 Å². The Labute approximate surface area is 114 Å². The number of carbonyl (C=O) groups is 1. The Hall–Kier alpha value is -1.56. The minimum Gasteiger partial charge on any atom is -0.330 e. The van der Waals surface area contributed by atoms with Gasteiger partial charge in [-0.1, -0.05) is 12.1 Å². The number of carbonyl (C=O) groups excluding carboxylic acids is 1. The van der Waals surface area contributed by atoms with Crippen molar-refractivity contribution in [1.29, 1.82) is 0 Å². The highest BCUT2D eigenvalue weighted by Gasteiger charge is 2.52. The molecular formula is C14H15F3N2O. The molecule has 20 heavy (non-hydrogen) atoms. The van der Waals surface area contributed by atoms with Crippen LogP contribution in [0.4, 0.5) is 13.2 Å². The van der Waals surface area contributed by atoms with Gasteiger partial charge in [-0.2, -0.15) is 13.2 Å². The van der Waals surface area contributed by atoms with Crippen LogP contribution in [0.2, 0.25) is 0 Å². The molecule has 1 spiro atoms. The molecule has 3 rings (SSSR count). The number of nitrogens with one attached hydrogen (secondary N) is 1. The zero-order valence-electron chi connectivity index (χ0n) is 10.8. The quantitative estimate of drug-likeness (QED) is 0.858. The summed E-state index contributed by atoms with van der Waals surface area (Å²) in [6, 6.07) is 5.02. The molecule has 1 saturated heterocycles. The van der Waals surface area contributed by atoms with Crippen LogP contribution < -0.4 is 5.32 Å². The van der Waals surface area contributed by atoms with Crippen LogP contribution in [0.25, 0.3) is 0 Å². The molecule has 1 aliphatic heterocycles. The lowest BCUT2D eigenvalue weighted by molar-refractivity contribution is -0.138. The molecule has 108 valence electrons. The second-order valence-corrected chi connectivity index (χ2v) is 5.40. The fourth-order valence-corrected chi connectivity index (χ4v) is 2.81. The zero-order chi connectivity index (χ0) is 14.4. The molecule has 1 heterocycles. The van der Waals surface area contributed by atoms with Gasteiger partial charge in [-0.3, -0.25) is 4.79 Å². The van der Waals surface area contributed by atoms with Gasteiger partial charge in [-0.05, 0) is 25.0 Å². The Bertz CT molecular complexity index is 537. The van der Waals surface area contributed by atoms with Crippen LogP contribution in [0, 0.1) is 0 Å². The highest BCUT2D eigenvalue weighted by Crippen LogP contribution is 2.43. The van der Waals surface area contributed by atoms with Gasteiger partial charge in [-0.25, -0.2) is 0 Å². The van der Waals surface area contributed by atoms with Crippen molar-refractivity contribution >= 4 is 5.91 Å². The SMILES string of the molecule is O=C(c1ccccc1C(F)(F)F)N1CCNCC12CC2. The van der Waals surface area contributed by atoms with Crippen LogP contribution in [0.5, 0.6) is 0 Å². The number of piperazine rings is 1. The molecule has 3 nitrogen and oxygen atoms in total. The summed E-state index contributed by atoms with van der Waals surface area (Å²) >= 11 is 0. The van der Waals surface area contributed by atoms with E-state index in [0.717, 1.165) is 18.9 Å². The third kappa shape index (κ3) is 2.18. The van der Waals surface area contributed by atoms with Crippen LogP contribution in [-0.2, 0) is 6.18 Å². The summed E-state index contributed by atoms with van der Waals surface area (Å²) in [4.78, 5) is 14.1. The molecule has 0 atom stereocenters. The standard InChI is InChI=1S/C14H15F3N2O/c15-14(16,17)11-4-2-1-3-10(11)12(20)19-8-7-18-9-13(19)5-6-13/h1-4,18H,5-9H2. The lowest BCUT2D eigenvalue weighted by Gasteiger charge is -2.37. The van der Waals surface area contributed by atoms with Crippen molar-refractivity contribution in [2.45, 2.75) is 24.6 Å². The summed E-state index contributed by atoms with van der Waals surface area (Å²) in [7, 11) is 0. The van der Waals surface area contributed by atoms with E-state index < -0.39 is 17.6 Å². The summed E-state index contributed by atoms with van der Waals surface area (Å²) in [5.74, 6) is -0.503. The molecule has 6 heteroatoms. The summed E-state index contributed by atoms with van der Waals surface area (Å²) < 4.78 is 39.0. The first-order chi connectivity index (χ1) is 9.44. The first-order valence-electron chi connectivity index (χ1n) is 6.63. The van der Waals surface area contributed by atoms with Gasteiger partial charge in [0.1, 0.15) is 0 Å². The average Bonchev–Trinajstić information content (AvgIpc) is 3.18. The van der Waals surface area contributed by atoms with E-state index in [2.05, 4.69) is 5.32 Å². The van der Waals surface area contributed by atoms with Crippen molar-refractivity contribution < 1.29 is 18.0 Å². The Morgan fingerprint density at radius 2 is 1.95 bits per heavy atom. The molecule has 1 saturated carbocycles. The van der Waals surface area contributed by atoms with E-state index in [9.17, 15) is 18.0 Å². The molecule has 0 radical (unpaired) electrons. The Morgan fingerprint density at radius 3 is 2.60 bits per heavy atom. The van der Waals surface area contributed by atoms with Crippen molar-refractivity contribution in [3.63, 3.8) is 0 Å². The molecule has 1 aromatic rings. The number of hydrogen-bond donors (Lipinski definition) is 1. The Balaban J connectivity index is 1.95. The van der Waals surface area contributed by atoms with E-state index in [4.69, 9.17) is 0 Å². The molecule has 1 aromatic carbocycles. The third-order valence-electron chi connectivity index (χ3n) is 4.07. The predicted molar refractivity (Wildman–Crippen MR) is 67.3 cm³/mol. The Morgan fingerprint density at radius 1 is 1.25 bits per heavy atom. The number of benzene rings is 1.